The van der Waals surface area contributed by atoms with Crippen LogP contribution in [0.5, 0.6) is 11.5 Å². The van der Waals surface area contributed by atoms with E-state index in [0.717, 1.165) is 35.5 Å². The van der Waals surface area contributed by atoms with E-state index in [9.17, 15) is 5.11 Å². The van der Waals surface area contributed by atoms with Crippen LogP contribution < -0.4 is 9.47 Å². The minimum atomic E-state index is -0.649. The Morgan fingerprint density at radius 2 is 2.07 bits per heavy atom. The van der Waals surface area contributed by atoms with Gasteiger partial charge in [0.25, 0.3) is 0 Å². The molecule has 1 aromatic rings. The number of ether oxygens (including phenoxy) is 2. The maximum Gasteiger partial charge on any atom is 0.231 e. The number of aryl methyl sites for hydroxylation is 1. The zero-order chi connectivity index (χ0) is 9.76. The average molecular weight is 192 g/mol. The Morgan fingerprint density at radius 1 is 1.29 bits per heavy atom. The molecule has 0 atom stereocenters. The number of rotatable bonds is 1. The van der Waals surface area contributed by atoms with E-state index in [-0.39, 0.29) is 6.79 Å². The van der Waals surface area contributed by atoms with E-state index >= 15 is 0 Å². The van der Waals surface area contributed by atoms with Crippen molar-refractivity contribution in [3.05, 3.63) is 23.3 Å². The Morgan fingerprint density at radius 3 is 2.79 bits per heavy atom. The van der Waals surface area contributed by atoms with Crippen LogP contribution >= 0.6 is 0 Å². The van der Waals surface area contributed by atoms with Gasteiger partial charge in [-0.2, -0.15) is 0 Å². The summed E-state index contributed by atoms with van der Waals surface area (Å²) in [4.78, 5) is 0. The second-order valence-electron chi connectivity index (χ2n) is 4.08. The van der Waals surface area contributed by atoms with E-state index in [2.05, 4.69) is 0 Å². The van der Waals surface area contributed by atoms with Gasteiger partial charge in [-0.05, 0) is 37.5 Å². The molecular weight excluding hydrogens is 180 g/mol. The van der Waals surface area contributed by atoms with Crippen LogP contribution in [0.15, 0.2) is 12.1 Å². The lowest BCUT2D eigenvalue weighted by molar-refractivity contribution is 0.140. The zero-order valence-corrected chi connectivity index (χ0v) is 8.04. The molecule has 1 fully saturated rings. The summed E-state index contributed by atoms with van der Waals surface area (Å²) in [6.45, 7) is 2.26. The van der Waals surface area contributed by atoms with Gasteiger partial charge in [0.2, 0.25) is 6.79 Å². The normalized spacial score (nSPS) is 21.0. The minimum absolute atomic E-state index is 0.266. The molecule has 14 heavy (non-hydrogen) atoms. The lowest BCUT2D eigenvalue weighted by Crippen LogP contribution is -2.06. The molecule has 3 rings (SSSR count). The third-order valence-electron chi connectivity index (χ3n) is 2.84. The zero-order valence-electron chi connectivity index (χ0n) is 8.04. The van der Waals surface area contributed by atoms with Crippen molar-refractivity contribution in [1.29, 1.82) is 0 Å². The van der Waals surface area contributed by atoms with E-state index in [1.54, 1.807) is 0 Å². The lowest BCUT2D eigenvalue weighted by Gasteiger charge is -2.12. The third kappa shape index (κ3) is 1.02. The first kappa shape index (κ1) is 8.12. The van der Waals surface area contributed by atoms with E-state index in [1.807, 2.05) is 19.1 Å². The summed E-state index contributed by atoms with van der Waals surface area (Å²) in [5.41, 5.74) is 1.35. The molecule has 1 aliphatic carbocycles. The molecule has 1 N–H and O–H groups in total. The highest BCUT2D eigenvalue weighted by molar-refractivity contribution is 5.54. The molecule has 0 radical (unpaired) electrons. The monoisotopic (exact) mass is 192 g/mol. The van der Waals surface area contributed by atoms with Crippen molar-refractivity contribution in [3.63, 3.8) is 0 Å². The molecule has 0 spiro atoms. The largest absolute Gasteiger partial charge is 0.454 e. The number of benzene rings is 1. The van der Waals surface area contributed by atoms with Crippen LogP contribution in [-0.4, -0.2) is 11.9 Å². The Kier molecular flexibility index (Phi) is 1.40. The predicted octanol–water partition coefficient (Wildman–Crippen LogP) is 1.71. The standard InChI is InChI=1S/C11H12O3/c1-7-4-8(11(12)2-3-11)10-9(5-7)13-6-14-10/h4-5,12H,2-3,6H2,1H3. The molecule has 2 aliphatic rings. The van der Waals surface area contributed by atoms with E-state index in [4.69, 9.17) is 9.47 Å². The van der Waals surface area contributed by atoms with Crippen LogP contribution in [0.1, 0.15) is 24.0 Å². The SMILES string of the molecule is Cc1cc2c(c(C3(O)CC3)c1)OCO2. The first-order valence-corrected chi connectivity index (χ1v) is 4.82. The molecule has 0 unspecified atom stereocenters. The molecule has 1 aromatic carbocycles. The molecule has 0 aromatic heterocycles. The van der Waals surface area contributed by atoms with E-state index < -0.39 is 5.60 Å². The van der Waals surface area contributed by atoms with E-state index in [1.165, 1.54) is 0 Å². The number of fused-ring (bicyclic) bond motifs is 1. The van der Waals surface area contributed by atoms with Crippen molar-refractivity contribution < 1.29 is 14.6 Å². The van der Waals surface area contributed by atoms with Gasteiger partial charge >= 0.3 is 0 Å². The van der Waals surface area contributed by atoms with Gasteiger partial charge in [0, 0.05) is 5.56 Å². The molecule has 0 bridgehead atoms. The third-order valence-corrected chi connectivity index (χ3v) is 2.84. The molecular formula is C11H12O3. The first-order chi connectivity index (χ1) is 6.69. The number of aliphatic hydroxyl groups is 1. The van der Waals surface area contributed by atoms with Crippen LogP contribution in [0.4, 0.5) is 0 Å². The fourth-order valence-electron chi connectivity index (χ4n) is 1.88. The molecule has 1 aliphatic heterocycles. The second kappa shape index (κ2) is 2.42. The van der Waals surface area contributed by atoms with Crippen LogP contribution in [0.2, 0.25) is 0 Å². The molecule has 74 valence electrons. The van der Waals surface area contributed by atoms with Crippen molar-refractivity contribution in [2.75, 3.05) is 6.79 Å². The van der Waals surface area contributed by atoms with Crippen molar-refractivity contribution >= 4 is 0 Å². The summed E-state index contributed by atoms with van der Waals surface area (Å²) in [6, 6.07) is 3.93. The molecule has 1 saturated carbocycles. The van der Waals surface area contributed by atoms with E-state index in [0.29, 0.717) is 0 Å². The van der Waals surface area contributed by atoms with Crippen LogP contribution in [-0.2, 0) is 5.60 Å². The van der Waals surface area contributed by atoms with Gasteiger partial charge in [0.05, 0.1) is 5.60 Å². The first-order valence-electron chi connectivity index (χ1n) is 4.82. The summed E-state index contributed by atoms with van der Waals surface area (Å²) in [6.07, 6.45) is 1.65. The number of hydrogen-bond donors (Lipinski definition) is 1. The summed E-state index contributed by atoms with van der Waals surface area (Å²) in [5.74, 6) is 1.50. The average Bonchev–Trinajstić information content (AvgIpc) is 2.74. The molecule has 0 amide bonds. The van der Waals surface area contributed by atoms with Crippen LogP contribution in [0.25, 0.3) is 0 Å². The summed E-state index contributed by atoms with van der Waals surface area (Å²) < 4.78 is 10.7. The number of hydrogen-bond acceptors (Lipinski definition) is 3. The highest BCUT2D eigenvalue weighted by atomic mass is 16.7. The predicted molar refractivity (Wildman–Crippen MR) is 50.4 cm³/mol. The van der Waals surface area contributed by atoms with Gasteiger partial charge in [0.1, 0.15) is 0 Å². The summed E-state index contributed by atoms with van der Waals surface area (Å²) >= 11 is 0. The summed E-state index contributed by atoms with van der Waals surface area (Å²) in [7, 11) is 0. The smallest absolute Gasteiger partial charge is 0.231 e. The maximum absolute atomic E-state index is 10.1. The van der Waals surface area contributed by atoms with Crippen molar-refractivity contribution in [3.8, 4) is 11.5 Å². The molecule has 0 saturated heterocycles. The molecule has 3 nitrogen and oxygen atoms in total. The van der Waals surface area contributed by atoms with Gasteiger partial charge in [-0.25, -0.2) is 0 Å². The topological polar surface area (TPSA) is 38.7 Å². The van der Waals surface area contributed by atoms with Crippen molar-refractivity contribution in [2.45, 2.75) is 25.4 Å². The van der Waals surface area contributed by atoms with Crippen LogP contribution in [0.3, 0.4) is 0 Å². The van der Waals surface area contributed by atoms with Gasteiger partial charge in [-0.1, -0.05) is 0 Å². The highest BCUT2D eigenvalue weighted by Crippen LogP contribution is 2.52. The maximum atomic E-state index is 10.1. The van der Waals surface area contributed by atoms with Gasteiger partial charge in [0.15, 0.2) is 11.5 Å². The van der Waals surface area contributed by atoms with Crippen molar-refractivity contribution in [2.24, 2.45) is 0 Å². The minimum Gasteiger partial charge on any atom is -0.454 e. The molecule has 1 heterocycles. The fraction of sp³-hybridized carbons (Fsp3) is 0.455. The molecule has 3 heteroatoms. The quantitative estimate of drug-likeness (QED) is 0.736. The Labute approximate surface area is 82.3 Å². The van der Waals surface area contributed by atoms with Gasteiger partial charge in [-0.3, -0.25) is 0 Å². The highest BCUT2D eigenvalue weighted by Gasteiger charge is 2.45. The van der Waals surface area contributed by atoms with Gasteiger partial charge in [-0.15, -0.1) is 0 Å². The Hall–Kier alpha value is -1.22. The van der Waals surface area contributed by atoms with Crippen LogP contribution in [0, 0.1) is 6.92 Å². The second-order valence-corrected chi connectivity index (χ2v) is 4.08. The summed E-state index contributed by atoms with van der Waals surface area (Å²) in [5, 5.41) is 10.1. The Balaban J connectivity index is 2.19. The van der Waals surface area contributed by atoms with Gasteiger partial charge < -0.3 is 14.6 Å². The van der Waals surface area contributed by atoms with Crippen molar-refractivity contribution in [1.82, 2.24) is 0 Å². The fourth-order valence-corrected chi connectivity index (χ4v) is 1.88. The lowest BCUT2D eigenvalue weighted by atomic mass is 10.0. The Bertz CT molecular complexity index is 394.